The van der Waals surface area contributed by atoms with Crippen molar-refractivity contribution in [1.82, 2.24) is 5.32 Å². The maximum Gasteiger partial charge on any atom is 0.119 e. The quantitative estimate of drug-likeness (QED) is 0.896. The zero-order chi connectivity index (χ0) is 14.5. The number of nitrogens with one attached hydrogen (secondary N) is 2. The van der Waals surface area contributed by atoms with Gasteiger partial charge in [0.15, 0.2) is 0 Å². The molecule has 2 aromatic carbocycles. The van der Waals surface area contributed by atoms with Crippen LogP contribution in [0.15, 0.2) is 48.5 Å². The smallest absolute Gasteiger partial charge is 0.119 e. The number of hydrogen-bond donors (Lipinski definition) is 2. The maximum atomic E-state index is 5.49. The first-order chi connectivity index (χ1) is 10.4. The minimum atomic E-state index is 0.356. The lowest BCUT2D eigenvalue weighted by Crippen LogP contribution is -2.15. The fraction of sp³-hybridized carbons (Fsp3) is 0.333. The van der Waals surface area contributed by atoms with Crippen molar-refractivity contribution in [2.45, 2.75) is 25.9 Å². The summed E-state index contributed by atoms with van der Waals surface area (Å²) in [6.45, 7) is 4.69. The number of hydrogen-bond acceptors (Lipinski definition) is 3. The molecule has 0 radical (unpaired) electrons. The SMILES string of the molecule is CCOc1ccc(NC2CCNCc3ccccc32)cc1. The van der Waals surface area contributed by atoms with Crippen LogP contribution in [0.5, 0.6) is 5.75 Å². The monoisotopic (exact) mass is 282 g/mol. The molecule has 3 heteroatoms. The number of fused-ring (bicyclic) bond motifs is 1. The van der Waals surface area contributed by atoms with Crippen LogP contribution in [0.3, 0.4) is 0 Å². The van der Waals surface area contributed by atoms with E-state index in [0.717, 1.165) is 30.9 Å². The van der Waals surface area contributed by atoms with Gasteiger partial charge in [-0.1, -0.05) is 24.3 Å². The van der Waals surface area contributed by atoms with E-state index < -0.39 is 0 Å². The highest BCUT2D eigenvalue weighted by Crippen LogP contribution is 2.28. The molecule has 110 valence electrons. The third kappa shape index (κ3) is 3.37. The van der Waals surface area contributed by atoms with Gasteiger partial charge in [-0.15, -0.1) is 0 Å². The molecule has 0 spiro atoms. The summed E-state index contributed by atoms with van der Waals surface area (Å²) >= 11 is 0. The molecule has 1 heterocycles. The Balaban J connectivity index is 1.77. The largest absolute Gasteiger partial charge is 0.494 e. The van der Waals surface area contributed by atoms with Gasteiger partial charge in [0.2, 0.25) is 0 Å². The molecule has 0 saturated carbocycles. The molecule has 0 aliphatic carbocycles. The summed E-state index contributed by atoms with van der Waals surface area (Å²) in [4.78, 5) is 0. The number of benzene rings is 2. The van der Waals surface area contributed by atoms with Crippen LogP contribution in [0.4, 0.5) is 5.69 Å². The topological polar surface area (TPSA) is 33.3 Å². The van der Waals surface area contributed by atoms with Crippen molar-refractivity contribution in [2.24, 2.45) is 0 Å². The number of rotatable bonds is 4. The van der Waals surface area contributed by atoms with Crippen molar-refractivity contribution in [3.63, 3.8) is 0 Å². The van der Waals surface area contributed by atoms with Gasteiger partial charge >= 0.3 is 0 Å². The predicted octanol–water partition coefficient (Wildman–Crippen LogP) is 3.73. The van der Waals surface area contributed by atoms with E-state index in [1.807, 2.05) is 19.1 Å². The number of ether oxygens (including phenoxy) is 1. The summed E-state index contributed by atoms with van der Waals surface area (Å²) in [5.41, 5.74) is 3.93. The Labute approximate surface area is 126 Å². The molecule has 1 atom stereocenters. The minimum Gasteiger partial charge on any atom is -0.494 e. The Bertz CT molecular complexity index is 580. The van der Waals surface area contributed by atoms with Crippen molar-refractivity contribution < 1.29 is 4.74 Å². The second-order valence-electron chi connectivity index (χ2n) is 5.32. The summed E-state index contributed by atoms with van der Waals surface area (Å²) in [7, 11) is 0. The molecule has 1 unspecified atom stereocenters. The molecule has 21 heavy (non-hydrogen) atoms. The maximum absolute atomic E-state index is 5.49. The summed E-state index contributed by atoms with van der Waals surface area (Å²) in [6.07, 6.45) is 1.09. The van der Waals surface area contributed by atoms with Gasteiger partial charge in [-0.05, 0) is 55.3 Å². The van der Waals surface area contributed by atoms with Gasteiger partial charge in [-0.2, -0.15) is 0 Å². The minimum absolute atomic E-state index is 0.356. The molecule has 1 aliphatic heterocycles. The Morgan fingerprint density at radius 2 is 1.95 bits per heavy atom. The van der Waals surface area contributed by atoms with Crippen molar-refractivity contribution in [3.8, 4) is 5.75 Å². The Morgan fingerprint density at radius 3 is 2.76 bits per heavy atom. The lowest BCUT2D eigenvalue weighted by atomic mass is 9.99. The van der Waals surface area contributed by atoms with Gasteiger partial charge in [0.25, 0.3) is 0 Å². The normalized spacial score (nSPS) is 17.7. The van der Waals surface area contributed by atoms with Crippen LogP contribution < -0.4 is 15.4 Å². The van der Waals surface area contributed by atoms with E-state index in [0.29, 0.717) is 12.6 Å². The third-order valence-electron chi connectivity index (χ3n) is 3.86. The van der Waals surface area contributed by atoms with Crippen LogP contribution >= 0.6 is 0 Å². The summed E-state index contributed by atoms with van der Waals surface area (Å²) in [6, 6.07) is 17.2. The van der Waals surface area contributed by atoms with Crippen LogP contribution in [0.2, 0.25) is 0 Å². The highest BCUT2D eigenvalue weighted by atomic mass is 16.5. The highest BCUT2D eigenvalue weighted by molar-refractivity contribution is 5.49. The fourth-order valence-electron chi connectivity index (χ4n) is 2.83. The van der Waals surface area contributed by atoms with Gasteiger partial charge in [-0.3, -0.25) is 0 Å². The number of anilines is 1. The molecule has 0 aromatic heterocycles. The van der Waals surface area contributed by atoms with Crippen molar-refractivity contribution in [3.05, 3.63) is 59.7 Å². The summed E-state index contributed by atoms with van der Waals surface area (Å²) in [5.74, 6) is 0.922. The van der Waals surface area contributed by atoms with Crippen molar-refractivity contribution in [2.75, 3.05) is 18.5 Å². The van der Waals surface area contributed by atoms with Gasteiger partial charge < -0.3 is 15.4 Å². The fourth-order valence-corrected chi connectivity index (χ4v) is 2.83. The first kappa shape index (κ1) is 14.0. The molecular weight excluding hydrogens is 260 g/mol. The van der Waals surface area contributed by atoms with Crippen LogP contribution in [-0.4, -0.2) is 13.2 Å². The van der Waals surface area contributed by atoms with Crippen LogP contribution in [0, 0.1) is 0 Å². The average molecular weight is 282 g/mol. The molecule has 0 fully saturated rings. The lowest BCUT2D eigenvalue weighted by Gasteiger charge is -2.20. The predicted molar refractivity (Wildman–Crippen MR) is 86.7 cm³/mol. The molecular formula is C18H22N2O. The highest BCUT2D eigenvalue weighted by Gasteiger charge is 2.17. The third-order valence-corrected chi connectivity index (χ3v) is 3.86. The van der Waals surface area contributed by atoms with E-state index in [1.165, 1.54) is 11.1 Å². The van der Waals surface area contributed by atoms with Gasteiger partial charge in [0.1, 0.15) is 5.75 Å². The van der Waals surface area contributed by atoms with E-state index in [1.54, 1.807) is 0 Å². The van der Waals surface area contributed by atoms with Gasteiger partial charge in [-0.25, -0.2) is 0 Å². The van der Waals surface area contributed by atoms with E-state index in [9.17, 15) is 0 Å². The second-order valence-corrected chi connectivity index (χ2v) is 5.32. The van der Waals surface area contributed by atoms with Gasteiger partial charge in [0, 0.05) is 12.2 Å². The van der Waals surface area contributed by atoms with Crippen LogP contribution in [0.25, 0.3) is 0 Å². The van der Waals surface area contributed by atoms with Crippen LogP contribution in [0.1, 0.15) is 30.5 Å². The first-order valence-electron chi connectivity index (χ1n) is 7.64. The molecule has 0 bridgehead atoms. The zero-order valence-electron chi connectivity index (χ0n) is 12.4. The average Bonchev–Trinajstić information content (AvgIpc) is 2.72. The molecule has 3 rings (SSSR count). The Morgan fingerprint density at radius 1 is 1.14 bits per heavy atom. The molecule has 2 aromatic rings. The Hall–Kier alpha value is -2.00. The molecule has 1 aliphatic rings. The Kier molecular flexibility index (Phi) is 4.41. The molecule has 0 saturated heterocycles. The van der Waals surface area contributed by atoms with Crippen molar-refractivity contribution in [1.29, 1.82) is 0 Å². The van der Waals surface area contributed by atoms with E-state index in [2.05, 4.69) is 47.0 Å². The van der Waals surface area contributed by atoms with Gasteiger partial charge in [0.05, 0.1) is 12.6 Å². The van der Waals surface area contributed by atoms with Crippen LogP contribution in [-0.2, 0) is 6.54 Å². The van der Waals surface area contributed by atoms with E-state index in [-0.39, 0.29) is 0 Å². The van der Waals surface area contributed by atoms with Crippen molar-refractivity contribution >= 4 is 5.69 Å². The van der Waals surface area contributed by atoms with E-state index >= 15 is 0 Å². The molecule has 2 N–H and O–H groups in total. The standard InChI is InChI=1S/C18H22N2O/c1-2-21-16-9-7-15(8-10-16)20-18-11-12-19-13-14-5-3-4-6-17(14)18/h3-10,18-20H,2,11-13H2,1H3. The first-order valence-corrected chi connectivity index (χ1v) is 7.64. The lowest BCUT2D eigenvalue weighted by molar-refractivity contribution is 0.340. The summed E-state index contributed by atoms with van der Waals surface area (Å²) < 4.78 is 5.49. The second kappa shape index (κ2) is 6.64. The zero-order valence-corrected chi connectivity index (χ0v) is 12.4. The van der Waals surface area contributed by atoms with E-state index in [4.69, 9.17) is 4.74 Å². The summed E-state index contributed by atoms with van der Waals surface area (Å²) in [5, 5.41) is 7.14. The molecule has 3 nitrogen and oxygen atoms in total. The molecule has 0 amide bonds.